The van der Waals surface area contributed by atoms with Crippen LogP contribution < -0.4 is 4.90 Å². The van der Waals surface area contributed by atoms with Gasteiger partial charge in [-0.05, 0) is 63.1 Å². The first-order chi connectivity index (χ1) is 12.5. The molecule has 0 spiro atoms. The van der Waals surface area contributed by atoms with Crippen LogP contribution >= 0.6 is 11.8 Å². The van der Waals surface area contributed by atoms with E-state index in [1.165, 1.54) is 33.8 Å². The molecule has 0 saturated carbocycles. The number of nitrogens with zero attached hydrogens (tertiary/aromatic N) is 2. The minimum atomic E-state index is 0.101. The molecule has 0 saturated heterocycles. The number of aromatic nitrogens is 1. The van der Waals surface area contributed by atoms with E-state index in [1.54, 1.807) is 0 Å². The number of rotatable bonds is 5. The summed E-state index contributed by atoms with van der Waals surface area (Å²) < 4.78 is 0. The first-order valence-electron chi connectivity index (χ1n) is 8.86. The zero-order valence-corrected chi connectivity index (χ0v) is 16.6. The van der Waals surface area contributed by atoms with Crippen LogP contribution in [0.2, 0.25) is 0 Å². The van der Waals surface area contributed by atoms with E-state index in [2.05, 4.69) is 39.0 Å². The maximum absolute atomic E-state index is 12.7. The van der Waals surface area contributed by atoms with Crippen LogP contribution in [0.15, 0.2) is 53.6 Å². The van der Waals surface area contributed by atoms with Gasteiger partial charge in [-0.2, -0.15) is 0 Å². The van der Waals surface area contributed by atoms with E-state index in [0.717, 1.165) is 16.2 Å². The zero-order chi connectivity index (χ0) is 18.7. The van der Waals surface area contributed by atoms with Crippen molar-refractivity contribution >= 4 is 34.3 Å². The number of anilines is 1. The standard InChI is InChI=1S/C22H24N2OS/c1-5-24(18-9-7-6-8-10-18)21(25)14-26-20-13-16(3)19-12-15(2)11-17(4)22(19)23-20/h6-13H,5,14H2,1-4H3. The van der Waals surface area contributed by atoms with Crippen molar-refractivity contribution in [2.45, 2.75) is 32.7 Å². The summed E-state index contributed by atoms with van der Waals surface area (Å²) in [6.45, 7) is 8.97. The Morgan fingerprint density at radius 2 is 1.77 bits per heavy atom. The van der Waals surface area contributed by atoms with Crippen LogP contribution in [0.25, 0.3) is 10.9 Å². The topological polar surface area (TPSA) is 33.2 Å². The van der Waals surface area contributed by atoms with Crippen molar-refractivity contribution in [3.8, 4) is 0 Å². The van der Waals surface area contributed by atoms with E-state index in [-0.39, 0.29) is 5.91 Å². The van der Waals surface area contributed by atoms with Gasteiger partial charge in [-0.15, -0.1) is 0 Å². The molecule has 0 aliphatic rings. The number of benzene rings is 2. The minimum absolute atomic E-state index is 0.101. The van der Waals surface area contributed by atoms with Crippen molar-refractivity contribution in [1.82, 2.24) is 4.98 Å². The van der Waals surface area contributed by atoms with Gasteiger partial charge in [-0.1, -0.05) is 41.6 Å². The molecule has 0 fully saturated rings. The first kappa shape index (κ1) is 18.5. The molecule has 0 bridgehead atoms. The Hall–Kier alpha value is -2.33. The summed E-state index contributed by atoms with van der Waals surface area (Å²) in [6, 6.07) is 16.2. The SMILES string of the molecule is CCN(C(=O)CSc1cc(C)c2cc(C)cc(C)c2n1)c1ccccc1. The molecular formula is C22H24N2OS. The van der Waals surface area contributed by atoms with E-state index in [0.29, 0.717) is 12.3 Å². The third-order valence-corrected chi connectivity index (χ3v) is 5.36. The number of fused-ring (bicyclic) bond motifs is 1. The van der Waals surface area contributed by atoms with Gasteiger partial charge in [0, 0.05) is 17.6 Å². The molecule has 2 aromatic carbocycles. The van der Waals surface area contributed by atoms with Crippen LogP contribution in [-0.2, 0) is 4.79 Å². The second-order valence-corrected chi connectivity index (χ2v) is 7.51. The summed E-state index contributed by atoms with van der Waals surface area (Å²) in [7, 11) is 0. The van der Waals surface area contributed by atoms with Gasteiger partial charge in [0.05, 0.1) is 16.3 Å². The molecule has 1 amide bonds. The molecule has 0 aliphatic heterocycles. The van der Waals surface area contributed by atoms with Crippen LogP contribution in [0.1, 0.15) is 23.6 Å². The number of carbonyl (C=O) groups excluding carboxylic acids is 1. The highest BCUT2D eigenvalue weighted by Gasteiger charge is 2.15. The normalized spacial score (nSPS) is 10.9. The van der Waals surface area contributed by atoms with Crippen LogP contribution in [0.4, 0.5) is 5.69 Å². The largest absolute Gasteiger partial charge is 0.312 e. The number of para-hydroxylation sites is 1. The number of carbonyl (C=O) groups is 1. The Kier molecular flexibility index (Phi) is 5.62. The molecule has 3 aromatic rings. The Labute approximate surface area is 159 Å². The number of hydrogen-bond acceptors (Lipinski definition) is 3. The minimum Gasteiger partial charge on any atom is -0.312 e. The molecule has 1 heterocycles. The maximum atomic E-state index is 12.7. The molecule has 0 unspecified atom stereocenters. The monoisotopic (exact) mass is 364 g/mol. The first-order valence-corrected chi connectivity index (χ1v) is 9.85. The van der Waals surface area contributed by atoms with E-state index in [1.807, 2.05) is 42.2 Å². The lowest BCUT2D eigenvalue weighted by atomic mass is 10.0. The zero-order valence-electron chi connectivity index (χ0n) is 15.7. The number of thioether (sulfide) groups is 1. The second kappa shape index (κ2) is 7.92. The van der Waals surface area contributed by atoms with Crippen molar-refractivity contribution < 1.29 is 4.79 Å². The molecule has 1 aromatic heterocycles. The molecule has 0 atom stereocenters. The number of hydrogen-bond donors (Lipinski definition) is 0. The van der Waals surface area contributed by atoms with Crippen molar-refractivity contribution in [1.29, 1.82) is 0 Å². The summed E-state index contributed by atoms with van der Waals surface area (Å²) in [5, 5.41) is 2.09. The summed E-state index contributed by atoms with van der Waals surface area (Å²) in [5.74, 6) is 0.481. The molecule has 26 heavy (non-hydrogen) atoms. The quantitative estimate of drug-likeness (QED) is 0.576. The lowest BCUT2D eigenvalue weighted by Crippen LogP contribution is -2.32. The van der Waals surface area contributed by atoms with Gasteiger partial charge in [0.25, 0.3) is 0 Å². The van der Waals surface area contributed by atoms with Gasteiger partial charge < -0.3 is 4.90 Å². The Morgan fingerprint density at radius 3 is 2.46 bits per heavy atom. The third kappa shape index (κ3) is 3.91. The van der Waals surface area contributed by atoms with Crippen molar-refractivity contribution in [2.75, 3.05) is 17.2 Å². The lowest BCUT2D eigenvalue weighted by Gasteiger charge is -2.20. The van der Waals surface area contributed by atoms with Gasteiger partial charge >= 0.3 is 0 Å². The molecule has 0 radical (unpaired) electrons. The van der Waals surface area contributed by atoms with Gasteiger partial charge in [0.2, 0.25) is 5.91 Å². The average molecular weight is 365 g/mol. The van der Waals surface area contributed by atoms with Crippen LogP contribution in [0.5, 0.6) is 0 Å². The predicted molar refractivity (Wildman–Crippen MR) is 111 cm³/mol. The van der Waals surface area contributed by atoms with E-state index in [4.69, 9.17) is 4.98 Å². The summed E-state index contributed by atoms with van der Waals surface area (Å²) in [5.41, 5.74) is 5.59. The van der Waals surface area contributed by atoms with E-state index < -0.39 is 0 Å². The van der Waals surface area contributed by atoms with Crippen molar-refractivity contribution in [2.24, 2.45) is 0 Å². The van der Waals surface area contributed by atoms with Gasteiger partial charge in [-0.3, -0.25) is 4.79 Å². The second-order valence-electron chi connectivity index (χ2n) is 6.52. The van der Waals surface area contributed by atoms with Gasteiger partial charge in [-0.25, -0.2) is 4.98 Å². The summed E-state index contributed by atoms with van der Waals surface area (Å²) in [4.78, 5) is 19.3. The lowest BCUT2D eigenvalue weighted by molar-refractivity contribution is -0.116. The molecule has 3 nitrogen and oxygen atoms in total. The molecular weight excluding hydrogens is 340 g/mol. The van der Waals surface area contributed by atoms with Crippen molar-refractivity contribution in [3.05, 3.63) is 65.2 Å². The fraction of sp³-hybridized carbons (Fsp3) is 0.273. The number of pyridine rings is 1. The highest BCUT2D eigenvalue weighted by atomic mass is 32.2. The van der Waals surface area contributed by atoms with Crippen LogP contribution in [0.3, 0.4) is 0 Å². The molecule has 0 aliphatic carbocycles. The number of amides is 1. The Balaban J connectivity index is 1.80. The predicted octanol–water partition coefficient (Wildman–Crippen LogP) is 5.31. The molecule has 0 N–H and O–H groups in total. The number of aryl methyl sites for hydroxylation is 3. The van der Waals surface area contributed by atoms with E-state index >= 15 is 0 Å². The highest BCUT2D eigenvalue weighted by molar-refractivity contribution is 7.99. The summed E-state index contributed by atoms with van der Waals surface area (Å²) >= 11 is 1.51. The smallest absolute Gasteiger partial charge is 0.237 e. The van der Waals surface area contributed by atoms with Crippen LogP contribution in [0, 0.1) is 20.8 Å². The maximum Gasteiger partial charge on any atom is 0.237 e. The third-order valence-electron chi connectivity index (χ3n) is 4.46. The molecule has 4 heteroatoms. The average Bonchev–Trinajstić information content (AvgIpc) is 2.62. The van der Waals surface area contributed by atoms with Crippen molar-refractivity contribution in [3.63, 3.8) is 0 Å². The van der Waals surface area contributed by atoms with Crippen LogP contribution in [-0.4, -0.2) is 23.2 Å². The molecule has 134 valence electrons. The van der Waals surface area contributed by atoms with Gasteiger partial charge in [0.1, 0.15) is 0 Å². The Morgan fingerprint density at radius 1 is 1.04 bits per heavy atom. The molecule has 3 rings (SSSR count). The fourth-order valence-electron chi connectivity index (χ4n) is 3.21. The highest BCUT2D eigenvalue weighted by Crippen LogP contribution is 2.27. The van der Waals surface area contributed by atoms with E-state index in [9.17, 15) is 4.79 Å². The fourth-order valence-corrected chi connectivity index (χ4v) is 4.06. The summed E-state index contributed by atoms with van der Waals surface area (Å²) in [6.07, 6.45) is 0. The Bertz CT molecular complexity index is 938. The van der Waals surface area contributed by atoms with Gasteiger partial charge in [0.15, 0.2) is 0 Å².